The van der Waals surface area contributed by atoms with Crippen molar-refractivity contribution in [1.29, 1.82) is 0 Å². The Labute approximate surface area is 184 Å². The molecule has 0 radical (unpaired) electrons. The third kappa shape index (κ3) is 11.4. The molecule has 1 heterocycles. The van der Waals surface area contributed by atoms with Crippen molar-refractivity contribution in [3.8, 4) is 0 Å². The highest BCUT2D eigenvalue weighted by Gasteiger charge is 2.32. The van der Waals surface area contributed by atoms with Crippen LogP contribution in [0.3, 0.4) is 0 Å². The number of carbonyl (C=O) groups is 3. The molecule has 3 amide bonds. The number of rotatable bonds is 11. The van der Waals surface area contributed by atoms with Crippen LogP contribution in [0.4, 0.5) is 4.79 Å². The van der Waals surface area contributed by atoms with E-state index in [9.17, 15) is 18.9 Å². The zero-order valence-corrected chi connectivity index (χ0v) is 18.4. The first kappa shape index (κ1) is 26.5. The molecule has 1 fully saturated rings. The van der Waals surface area contributed by atoms with E-state index in [-0.39, 0.29) is 44.3 Å². The van der Waals surface area contributed by atoms with Gasteiger partial charge in [0.1, 0.15) is 6.61 Å². The molecule has 0 unspecified atom stereocenters. The Kier molecular flexibility index (Phi) is 11.1. The highest BCUT2D eigenvalue weighted by atomic mass is 32.1. The van der Waals surface area contributed by atoms with Crippen molar-refractivity contribution in [3.05, 3.63) is 36.0 Å². The summed E-state index contributed by atoms with van der Waals surface area (Å²) in [6.07, 6.45) is 4.14. The number of amides is 3. The number of phosphoric acid groups is 1. The average molecular weight is 477 g/mol. The number of carbonyl (C=O) groups excluding carboxylic acids is 3. The summed E-state index contributed by atoms with van der Waals surface area (Å²) < 4.78 is 20.2. The van der Waals surface area contributed by atoms with Crippen molar-refractivity contribution < 1.29 is 42.8 Å². The van der Waals surface area contributed by atoms with Crippen molar-refractivity contribution in [2.24, 2.45) is 0 Å². The van der Waals surface area contributed by atoms with Gasteiger partial charge in [-0.3, -0.25) is 14.1 Å². The molecule has 4 N–H and O–H groups in total. The van der Waals surface area contributed by atoms with Crippen LogP contribution in [-0.2, 0) is 28.3 Å². The van der Waals surface area contributed by atoms with Crippen LogP contribution in [0, 0.1) is 0 Å². The van der Waals surface area contributed by atoms with Gasteiger partial charge in [0, 0.05) is 25.9 Å². The zero-order valence-electron chi connectivity index (χ0n) is 16.7. The Hall–Kier alpha value is -2.57. The minimum atomic E-state index is -4.54. The lowest BCUT2D eigenvalue weighted by Gasteiger charge is -2.13. The maximum Gasteiger partial charge on any atom is 0.469 e. The second-order valence-corrected chi connectivity index (χ2v) is 7.63. The molecule has 1 rings (SSSR count). The lowest BCUT2D eigenvalue weighted by atomic mass is 10.1. The lowest BCUT2D eigenvalue weighted by molar-refractivity contribution is -0.171. The van der Waals surface area contributed by atoms with Crippen molar-refractivity contribution >= 4 is 43.1 Å². The molecule has 31 heavy (non-hydrogen) atoms. The lowest BCUT2D eigenvalue weighted by Crippen LogP contribution is -2.37. The third-order valence-electron chi connectivity index (χ3n) is 3.41. The van der Waals surface area contributed by atoms with Gasteiger partial charge < -0.3 is 30.0 Å². The summed E-state index contributed by atoms with van der Waals surface area (Å²) in [5.41, 5.74) is 1.13. The number of nitrogens with one attached hydrogen (secondary N) is 2. The quantitative estimate of drug-likeness (QED) is 0.110. The van der Waals surface area contributed by atoms with E-state index in [4.69, 9.17) is 26.7 Å². The fourth-order valence-electron chi connectivity index (χ4n) is 2.14. The van der Waals surface area contributed by atoms with Crippen LogP contribution in [0.5, 0.6) is 0 Å². The summed E-state index contributed by atoms with van der Waals surface area (Å²) in [6, 6.07) is 0. The minimum Gasteiger partial charge on any atom is -0.466 e. The summed E-state index contributed by atoms with van der Waals surface area (Å²) in [7, 11) is -4.54. The fraction of sp³-hybridized carbons (Fsp3) is 0.412. The smallest absolute Gasteiger partial charge is 0.466 e. The molecule has 14 heteroatoms. The average Bonchev–Trinajstić information content (AvgIpc) is 2.99. The van der Waals surface area contributed by atoms with Gasteiger partial charge in [-0.25, -0.2) is 9.36 Å². The number of nitrogens with zero attached hydrogens (tertiary/aromatic N) is 1. The van der Waals surface area contributed by atoms with Crippen LogP contribution in [0.1, 0.15) is 19.8 Å². The van der Waals surface area contributed by atoms with E-state index in [0.717, 1.165) is 0 Å². The largest absolute Gasteiger partial charge is 0.469 e. The molecule has 0 aromatic rings. The predicted molar refractivity (Wildman–Crippen MR) is 112 cm³/mol. The second-order valence-electron chi connectivity index (χ2n) is 6.02. The number of hydrogen-bond donors (Lipinski definition) is 4. The van der Waals surface area contributed by atoms with Crippen molar-refractivity contribution in [1.82, 2.24) is 15.7 Å². The summed E-state index contributed by atoms with van der Waals surface area (Å²) in [5.74, 6) is -1.16. The molecular formula is C17H24N3O9PS. The molecule has 0 aromatic heterocycles. The summed E-state index contributed by atoms with van der Waals surface area (Å²) in [4.78, 5) is 56.4. The summed E-state index contributed by atoms with van der Waals surface area (Å²) in [5, 5.41) is 5.43. The summed E-state index contributed by atoms with van der Waals surface area (Å²) in [6.45, 7) is 5.39. The molecule has 1 aliphatic rings. The second kappa shape index (κ2) is 13.0. The molecule has 1 aliphatic heterocycles. The van der Waals surface area contributed by atoms with Gasteiger partial charge in [0.15, 0.2) is 0 Å². The first-order chi connectivity index (χ1) is 14.5. The Morgan fingerprint density at radius 1 is 1.29 bits per heavy atom. The fourth-order valence-corrected chi connectivity index (χ4v) is 2.63. The number of hydroxylamine groups is 2. The Morgan fingerprint density at radius 2 is 1.94 bits per heavy atom. The highest BCUT2D eigenvalue weighted by molar-refractivity contribution is 7.80. The number of imide groups is 1. The standard InChI is InChI=1S/C17H24N3O9PS/c1-3-4-13(11-27-17(31)18-7-8-28-30(24,25)26)9-12(2)10-19-16(23)29-20-14(21)5-6-15(20)22/h3-4,9H,2,5-8,10-11H2,1H3,(H,18,31)(H,19,23)(H2,24,25,26)/b4-3-,13-9+. The van der Waals surface area contributed by atoms with Crippen molar-refractivity contribution in [2.45, 2.75) is 19.8 Å². The SMILES string of the molecule is C=C(/C=C(\C=C/C)COC(=S)NCCOP(=O)(O)O)CNC(=O)ON1C(=O)CCC1=O. The number of thiocarbonyl (C=S) groups is 1. The molecule has 12 nitrogen and oxygen atoms in total. The van der Waals surface area contributed by atoms with Crippen LogP contribution in [-0.4, -0.2) is 64.2 Å². The first-order valence-corrected chi connectivity index (χ1v) is 10.9. The van der Waals surface area contributed by atoms with Crippen LogP contribution in [0.25, 0.3) is 0 Å². The van der Waals surface area contributed by atoms with Gasteiger partial charge in [-0.1, -0.05) is 24.8 Å². The molecule has 1 saturated heterocycles. The zero-order chi connectivity index (χ0) is 23.4. The van der Waals surface area contributed by atoms with Crippen LogP contribution >= 0.6 is 20.0 Å². The van der Waals surface area contributed by atoms with Crippen molar-refractivity contribution in [3.63, 3.8) is 0 Å². The van der Waals surface area contributed by atoms with E-state index >= 15 is 0 Å². The number of ether oxygens (including phenoxy) is 1. The third-order valence-corrected chi connectivity index (χ3v) is 4.19. The van der Waals surface area contributed by atoms with Gasteiger partial charge in [-0.05, 0) is 30.3 Å². The molecule has 0 aromatic carbocycles. The molecule has 0 saturated carbocycles. The molecule has 172 valence electrons. The van der Waals surface area contributed by atoms with Crippen LogP contribution < -0.4 is 10.6 Å². The Bertz CT molecular complexity index is 806. The van der Waals surface area contributed by atoms with E-state index in [0.29, 0.717) is 16.2 Å². The monoisotopic (exact) mass is 477 g/mol. The molecule has 0 aliphatic carbocycles. The molecular weight excluding hydrogens is 453 g/mol. The van der Waals surface area contributed by atoms with Gasteiger partial charge in [-0.15, -0.1) is 5.06 Å². The van der Waals surface area contributed by atoms with Crippen LogP contribution in [0.15, 0.2) is 36.0 Å². The van der Waals surface area contributed by atoms with Gasteiger partial charge in [0.2, 0.25) is 0 Å². The van der Waals surface area contributed by atoms with E-state index in [1.165, 1.54) is 0 Å². The number of hydrogen-bond acceptors (Lipinski definition) is 8. The van der Waals surface area contributed by atoms with Gasteiger partial charge >= 0.3 is 13.9 Å². The highest BCUT2D eigenvalue weighted by Crippen LogP contribution is 2.35. The first-order valence-electron chi connectivity index (χ1n) is 8.95. The maximum atomic E-state index is 11.7. The van der Waals surface area contributed by atoms with E-state index in [1.54, 1.807) is 25.2 Å². The number of allylic oxidation sites excluding steroid dienone is 1. The molecule has 0 bridgehead atoms. The van der Waals surface area contributed by atoms with E-state index < -0.39 is 25.7 Å². The van der Waals surface area contributed by atoms with Gasteiger partial charge in [0.05, 0.1) is 6.61 Å². The van der Waals surface area contributed by atoms with Crippen molar-refractivity contribution in [2.75, 3.05) is 26.3 Å². The normalized spacial score (nSPS) is 14.7. The predicted octanol–water partition coefficient (Wildman–Crippen LogP) is 0.836. The Balaban J connectivity index is 2.42. The van der Waals surface area contributed by atoms with E-state index in [1.807, 2.05) is 0 Å². The van der Waals surface area contributed by atoms with E-state index in [2.05, 4.69) is 26.6 Å². The topological polar surface area (TPSA) is 164 Å². The Morgan fingerprint density at radius 3 is 2.52 bits per heavy atom. The maximum absolute atomic E-state index is 11.7. The van der Waals surface area contributed by atoms with Gasteiger partial charge in [0.25, 0.3) is 17.0 Å². The minimum absolute atomic E-state index is 0.00168. The number of phosphoric ester groups is 1. The summed E-state index contributed by atoms with van der Waals surface area (Å²) >= 11 is 4.96. The van der Waals surface area contributed by atoms with Crippen LogP contribution in [0.2, 0.25) is 0 Å². The van der Waals surface area contributed by atoms with Gasteiger partial charge in [-0.2, -0.15) is 0 Å². The molecule has 0 atom stereocenters. The molecule has 0 spiro atoms.